The first-order chi connectivity index (χ1) is 9.58. The third-order valence-electron chi connectivity index (χ3n) is 4.36. The third-order valence-corrected chi connectivity index (χ3v) is 4.36. The molecule has 0 saturated carbocycles. The van der Waals surface area contributed by atoms with Gasteiger partial charge in [0.15, 0.2) is 0 Å². The zero-order valence-corrected chi connectivity index (χ0v) is 14.5. The fourth-order valence-electron chi connectivity index (χ4n) is 3.10. The number of hydrogen-bond donors (Lipinski definition) is 1. The van der Waals surface area contributed by atoms with Gasteiger partial charge in [-0.1, -0.05) is 53.4 Å². The van der Waals surface area contributed by atoms with Crippen molar-refractivity contribution in [3.8, 4) is 0 Å². The first-order valence-electron chi connectivity index (χ1n) is 9.01. The second-order valence-electron chi connectivity index (χ2n) is 7.60. The van der Waals surface area contributed by atoms with Crippen molar-refractivity contribution in [2.45, 2.75) is 66.2 Å². The van der Waals surface area contributed by atoms with Gasteiger partial charge in [-0.25, -0.2) is 0 Å². The predicted octanol–water partition coefficient (Wildman–Crippen LogP) is 4.16. The maximum atomic E-state index is 3.62. The van der Waals surface area contributed by atoms with Crippen LogP contribution in [0.15, 0.2) is 0 Å². The minimum Gasteiger partial charge on any atom is -0.316 e. The molecule has 0 spiro atoms. The summed E-state index contributed by atoms with van der Waals surface area (Å²) < 4.78 is 0. The molecule has 0 aliphatic carbocycles. The van der Waals surface area contributed by atoms with Gasteiger partial charge in [0.2, 0.25) is 0 Å². The van der Waals surface area contributed by atoms with E-state index in [0.717, 1.165) is 17.8 Å². The lowest BCUT2D eigenvalue weighted by molar-refractivity contribution is 0.311. The van der Waals surface area contributed by atoms with Crippen LogP contribution in [0.2, 0.25) is 0 Å². The monoisotopic (exact) mass is 282 g/mol. The van der Waals surface area contributed by atoms with Crippen molar-refractivity contribution in [3.05, 3.63) is 0 Å². The van der Waals surface area contributed by atoms with Gasteiger partial charge in [-0.15, -0.1) is 0 Å². The molecule has 1 fully saturated rings. The minimum absolute atomic E-state index is 0.776. The highest BCUT2D eigenvalue weighted by Gasteiger charge is 2.21. The fraction of sp³-hybridized carbons (Fsp3) is 1.00. The van der Waals surface area contributed by atoms with Gasteiger partial charge >= 0.3 is 0 Å². The van der Waals surface area contributed by atoms with E-state index >= 15 is 0 Å². The first-order valence-corrected chi connectivity index (χ1v) is 9.01. The van der Waals surface area contributed by atoms with Crippen LogP contribution < -0.4 is 5.32 Å². The molecule has 1 rings (SSSR count). The van der Waals surface area contributed by atoms with Gasteiger partial charge in [-0.05, 0) is 56.8 Å². The third kappa shape index (κ3) is 8.97. The average Bonchev–Trinajstić information content (AvgIpc) is 2.81. The standard InChI is InChI=1S/C18H38N2/c1-16(2)9-7-5-6-8-11-20-12-10-18(15-20)14-19-13-17(3)4/h16-19H,5-15H2,1-4H3. The number of rotatable bonds is 11. The maximum absolute atomic E-state index is 3.62. The molecule has 1 saturated heterocycles. The number of nitrogens with zero attached hydrogens (tertiary/aromatic N) is 1. The van der Waals surface area contributed by atoms with Crippen LogP contribution in [0.1, 0.15) is 66.2 Å². The zero-order valence-electron chi connectivity index (χ0n) is 14.5. The average molecular weight is 283 g/mol. The van der Waals surface area contributed by atoms with Gasteiger partial charge in [0.25, 0.3) is 0 Å². The Morgan fingerprint density at radius 3 is 2.45 bits per heavy atom. The molecule has 0 aromatic rings. The van der Waals surface area contributed by atoms with Gasteiger partial charge in [0, 0.05) is 6.54 Å². The summed E-state index contributed by atoms with van der Waals surface area (Å²) in [7, 11) is 0. The number of likely N-dealkylation sites (tertiary alicyclic amines) is 1. The van der Waals surface area contributed by atoms with Crippen molar-refractivity contribution in [3.63, 3.8) is 0 Å². The zero-order chi connectivity index (χ0) is 14.8. The number of unbranched alkanes of at least 4 members (excludes halogenated alkanes) is 3. The molecule has 1 aliphatic rings. The second kappa shape index (κ2) is 10.6. The van der Waals surface area contributed by atoms with Gasteiger partial charge in [-0.3, -0.25) is 0 Å². The summed E-state index contributed by atoms with van der Waals surface area (Å²) in [5.41, 5.74) is 0. The molecule has 2 heteroatoms. The molecule has 120 valence electrons. The summed E-state index contributed by atoms with van der Waals surface area (Å²) in [4.78, 5) is 2.68. The van der Waals surface area contributed by atoms with E-state index in [-0.39, 0.29) is 0 Å². The van der Waals surface area contributed by atoms with E-state index in [1.165, 1.54) is 71.2 Å². The van der Waals surface area contributed by atoms with E-state index in [9.17, 15) is 0 Å². The predicted molar refractivity (Wildman–Crippen MR) is 90.2 cm³/mol. The largest absolute Gasteiger partial charge is 0.316 e. The van der Waals surface area contributed by atoms with Crippen molar-refractivity contribution in [2.75, 3.05) is 32.7 Å². The molecule has 1 aliphatic heterocycles. The summed E-state index contributed by atoms with van der Waals surface area (Å²) >= 11 is 0. The van der Waals surface area contributed by atoms with Crippen LogP contribution in [0, 0.1) is 17.8 Å². The Morgan fingerprint density at radius 1 is 1.00 bits per heavy atom. The lowest BCUT2D eigenvalue weighted by Gasteiger charge is -2.16. The van der Waals surface area contributed by atoms with E-state index in [4.69, 9.17) is 0 Å². The van der Waals surface area contributed by atoms with Gasteiger partial charge < -0.3 is 10.2 Å². The van der Waals surface area contributed by atoms with Crippen LogP contribution in [0.4, 0.5) is 0 Å². The van der Waals surface area contributed by atoms with E-state index in [0.29, 0.717) is 0 Å². The van der Waals surface area contributed by atoms with E-state index in [2.05, 4.69) is 37.9 Å². The lowest BCUT2D eigenvalue weighted by atomic mass is 10.0. The smallest absolute Gasteiger partial charge is 0.00223 e. The molecular formula is C18H38N2. The van der Waals surface area contributed by atoms with Crippen LogP contribution in [0.3, 0.4) is 0 Å². The van der Waals surface area contributed by atoms with Crippen molar-refractivity contribution in [1.29, 1.82) is 0 Å². The summed E-state index contributed by atoms with van der Waals surface area (Å²) in [5, 5.41) is 3.62. The summed E-state index contributed by atoms with van der Waals surface area (Å²) in [5.74, 6) is 2.56. The SMILES string of the molecule is CC(C)CCCCCCN1CCC(CNCC(C)C)C1. The molecule has 0 aromatic heterocycles. The number of nitrogens with one attached hydrogen (secondary N) is 1. The highest BCUT2D eigenvalue weighted by atomic mass is 15.1. The second-order valence-corrected chi connectivity index (χ2v) is 7.60. The highest BCUT2D eigenvalue weighted by Crippen LogP contribution is 2.17. The first kappa shape index (κ1) is 18.0. The van der Waals surface area contributed by atoms with Crippen molar-refractivity contribution in [1.82, 2.24) is 10.2 Å². The van der Waals surface area contributed by atoms with Gasteiger partial charge in [-0.2, -0.15) is 0 Å². The Balaban J connectivity index is 1.93. The van der Waals surface area contributed by atoms with E-state index in [1.807, 2.05) is 0 Å². The van der Waals surface area contributed by atoms with Crippen LogP contribution in [-0.2, 0) is 0 Å². The summed E-state index contributed by atoms with van der Waals surface area (Å²) in [6.07, 6.45) is 8.51. The molecule has 0 radical (unpaired) electrons. The Bertz CT molecular complexity index is 225. The molecular weight excluding hydrogens is 244 g/mol. The molecule has 2 nitrogen and oxygen atoms in total. The van der Waals surface area contributed by atoms with E-state index < -0.39 is 0 Å². The highest BCUT2D eigenvalue weighted by molar-refractivity contribution is 4.77. The van der Waals surface area contributed by atoms with Crippen molar-refractivity contribution in [2.24, 2.45) is 17.8 Å². The fourth-order valence-corrected chi connectivity index (χ4v) is 3.10. The van der Waals surface area contributed by atoms with Gasteiger partial charge in [0.05, 0.1) is 0 Å². The molecule has 0 amide bonds. The maximum Gasteiger partial charge on any atom is 0.00223 e. The Kier molecular flexibility index (Phi) is 9.54. The Hall–Kier alpha value is -0.0800. The normalized spacial score (nSPS) is 20.4. The van der Waals surface area contributed by atoms with Crippen LogP contribution in [-0.4, -0.2) is 37.6 Å². The topological polar surface area (TPSA) is 15.3 Å². The van der Waals surface area contributed by atoms with E-state index in [1.54, 1.807) is 0 Å². The van der Waals surface area contributed by atoms with Crippen LogP contribution in [0.25, 0.3) is 0 Å². The van der Waals surface area contributed by atoms with Gasteiger partial charge in [0.1, 0.15) is 0 Å². The Morgan fingerprint density at radius 2 is 1.75 bits per heavy atom. The molecule has 1 heterocycles. The van der Waals surface area contributed by atoms with Crippen LogP contribution >= 0.6 is 0 Å². The summed E-state index contributed by atoms with van der Waals surface area (Å²) in [6, 6.07) is 0. The van der Waals surface area contributed by atoms with Crippen molar-refractivity contribution < 1.29 is 0 Å². The number of hydrogen-bond acceptors (Lipinski definition) is 2. The summed E-state index contributed by atoms with van der Waals surface area (Å²) in [6.45, 7) is 15.6. The molecule has 1 N–H and O–H groups in total. The molecule has 1 unspecified atom stereocenters. The minimum atomic E-state index is 0.776. The Labute approximate surface area is 127 Å². The molecule has 0 aromatic carbocycles. The quantitative estimate of drug-likeness (QED) is 0.572. The molecule has 1 atom stereocenters. The molecule has 20 heavy (non-hydrogen) atoms. The lowest BCUT2D eigenvalue weighted by Crippen LogP contribution is -2.29. The van der Waals surface area contributed by atoms with Crippen LogP contribution in [0.5, 0.6) is 0 Å². The molecule has 0 bridgehead atoms. The van der Waals surface area contributed by atoms with Crippen molar-refractivity contribution >= 4 is 0 Å².